The Morgan fingerprint density at radius 1 is 1.50 bits per heavy atom. The molecule has 0 spiro atoms. The number of aromatic nitrogens is 1. The van der Waals surface area contributed by atoms with Crippen LogP contribution in [0.25, 0.3) is 0 Å². The maximum atomic E-state index is 12.2. The van der Waals surface area contributed by atoms with Crippen molar-refractivity contribution in [3.63, 3.8) is 0 Å². The average Bonchev–Trinajstić information content (AvgIpc) is 2.64. The number of rotatable bonds is 1. The highest BCUT2D eigenvalue weighted by Crippen LogP contribution is 2.14. The number of likely N-dealkylation sites (tertiary alicyclic amines) is 1. The third-order valence-corrected chi connectivity index (χ3v) is 2.97. The molecule has 1 aromatic rings. The average molecular weight is 219 g/mol. The van der Waals surface area contributed by atoms with Crippen molar-refractivity contribution in [2.45, 2.75) is 26.3 Å². The van der Waals surface area contributed by atoms with E-state index in [1.807, 2.05) is 30.9 Å². The Hall–Kier alpha value is -1.42. The van der Waals surface area contributed by atoms with Gasteiger partial charge in [0.15, 0.2) is 0 Å². The summed E-state index contributed by atoms with van der Waals surface area (Å²) in [6.45, 7) is 5.21. The van der Waals surface area contributed by atoms with Crippen molar-refractivity contribution in [2.75, 3.05) is 13.1 Å². The van der Waals surface area contributed by atoms with Crippen LogP contribution >= 0.6 is 0 Å². The van der Waals surface area contributed by atoms with Crippen molar-refractivity contribution in [1.29, 1.82) is 0 Å². The molecule has 0 unspecified atom stereocenters. The third-order valence-electron chi connectivity index (χ3n) is 2.97. The van der Waals surface area contributed by atoms with Gasteiger partial charge in [-0.1, -0.05) is 0 Å². The highest BCUT2D eigenvalue weighted by atomic mass is 16.2. The van der Waals surface area contributed by atoms with Crippen molar-refractivity contribution in [2.24, 2.45) is 5.73 Å². The van der Waals surface area contributed by atoms with Gasteiger partial charge >= 0.3 is 0 Å². The molecule has 1 aliphatic rings. The minimum Gasteiger partial charge on any atom is -0.337 e. The van der Waals surface area contributed by atoms with E-state index in [4.69, 9.17) is 5.73 Å². The summed E-state index contributed by atoms with van der Waals surface area (Å²) in [5.41, 5.74) is 8.22. The lowest BCUT2D eigenvalue weighted by atomic mass is 10.1. The molecule has 16 heavy (non-hydrogen) atoms. The molecule has 1 amide bonds. The maximum absolute atomic E-state index is 12.2. The number of carbonyl (C=O) groups excluding carboxylic acids is 1. The number of pyridine rings is 1. The number of nitrogens with zero attached hydrogens (tertiary/aromatic N) is 2. The molecule has 2 rings (SSSR count). The number of hydrogen-bond acceptors (Lipinski definition) is 3. The van der Waals surface area contributed by atoms with Crippen LogP contribution in [-0.2, 0) is 0 Å². The molecular weight excluding hydrogens is 202 g/mol. The van der Waals surface area contributed by atoms with Crippen molar-refractivity contribution >= 4 is 5.91 Å². The van der Waals surface area contributed by atoms with E-state index in [2.05, 4.69) is 4.98 Å². The lowest BCUT2D eigenvalue weighted by molar-refractivity contribution is 0.0789. The van der Waals surface area contributed by atoms with Crippen LogP contribution in [0.15, 0.2) is 12.1 Å². The number of amides is 1. The van der Waals surface area contributed by atoms with Crippen LogP contribution in [0.3, 0.4) is 0 Å². The van der Waals surface area contributed by atoms with Gasteiger partial charge in [0, 0.05) is 24.8 Å². The van der Waals surface area contributed by atoms with Crippen LogP contribution < -0.4 is 5.73 Å². The predicted molar refractivity (Wildman–Crippen MR) is 62.2 cm³/mol. The summed E-state index contributed by atoms with van der Waals surface area (Å²) >= 11 is 0. The first-order chi connectivity index (χ1) is 7.58. The minimum atomic E-state index is 0.0537. The number of carbonyl (C=O) groups is 1. The van der Waals surface area contributed by atoms with E-state index in [0.29, 0.717) is 12.1 Å². The molecule has 4 nitrogen and oxygen atoms in total. The van der Waals surface area contributed by atoms with Crippen LogP contribution in [0.4, 0.5) is 0 Å². The van der Waals surface area contributed by atoms with Gasteiger partial charge in [0.1, 0.15) is 0 Å². The molecule has 0 aromatic carbocycles. The highest BCUT2D eigenvalue weighted by molar-refractivity contribution is 5.95. The Morgan fingerprint density at radius 3 is 2.81 bits per heavy atom. The standard InChI is InChI=1S/C12H17N3O/c1-8-3-4-11(9(2)14-8)12(16)15-6-5-10(13)7-15/h3-4,10H,5-7,13H2,1-2H3/t10-/m1/s1. The van der Waals surface area contributed by atoms with Crippen molar-refractivity contribution < 1.29 is 4.79 Å². The van der Waals surface area contributed by atoms with E-state index < -0.39 is 0 Å². The van der Waals surface area contributed by atoms with Crippen LogP contribution in [0.2, 0.25) is 0 Å². The lowest BCUT2D eigenvalue weighted by Gasteiger charge is -2.16. The first-order valence-corrected chi connectivity index (χ1v) is 5.57. The van der Waals surface area contributed by atoms with Crippen LogP contribution in [0, 0.1) is 13.8 Å². The molecule has 86 valence electrons. The SMILES string of the molecule is Cc1ccc(C(=O)N2CC[C@@H](N)C2)c(C)n1. The Labute approximate surface area is 95.5 Å². The minimum absolute atomic E-state index is 0.0537. The van der Waals surface area contributed by atoms with E-state index in [-0.39, 0.29) is 11.9 Å². The van der Waals surface area contributed by atoms with E-state index in [1.165, 1.54) is 0 Å². The molecule has 0 aliphatic carbocycles. The third kappa shape index (κ3) is 2.07. The van der Waals surface area contributed by atoms with Crippen LogP contribution in [0.1, 0.15) is 28.2 Å². The first-order valence-electron chi connectivity index (χ1n) is 5.57. The Balaban J connectivity index is 2.21. The molecule has 1 aromatic heterocycles. The second-order valence-corrected chi connectivity index (χ2v) is 4.39. The van der Waals surface area contributed by atoms with Gasteiger partial charge in [-0.25, -0.2) is 0 Å². The van der Waals surface area contributed by atoms with Gasteiger partial charge in [0.05, 0.1) is 11.3 Å². The van der Waals surface area contributed by atoms with Gasteiger partial charge < -0.3 is 10.6 Å². The summed E-state index contributed by atoms with van der Waals surface area (Å²) in [6.07, 6.45) is 0.893. The smallest absolute Gasteiger partial charge is 0.255 e. The van der Waals surface area contributed by atoms with Gasteiger partial charge in [0.25, 0.3) is 5.91 Å². The normalized spacial score (nSPS) is 20.2. The van der Waals surface area contributed by atoms with Gasteiger partial charge in [-0.3, -0.25) is 9.78 Å². The first kappa shape index (κ1) is 11.1. The van der Waals surface area contributed by atoms with Crippen LogP contribution in [0.5, 0.6) is 0 Å². The molecule has 2 heterocycles. The largest absolute Gasteiger partial charge is 0.337 e. The summed E-state index contributed by atoms with van der Waals surface area (Å²) in [5.74, 6) is 0.0537. The van der Waals surface area contributed by atoms with Crippen LogP contribution in [-0.4, -0.2) is 34.9 Å². The zero-order valence-electron chi connectivity index (χ0n) is 9.73. The molecule has 0 saturated carbocycles. The molecule has 4 heteroatoms. The van der Waals surface area contributed by atoms with Crippen molar-refractivity contribution in [3.8, 4) is 0 Å². The summed E-state index contributed by atoms with van der Waals surface area (Å²) < 4.78 is 0. The Kier molecular flexibility index (Phi) is 2.92. The molecule has 0 radical (unpaired) electrons. The van der Waals surface area contributed by atoms with E-state index in [1.54, 1.807) is 0 Å². The second kappa shape index (κ2) is 4.22. The number of aryl methyl sites for hydroxylation is 2. The topological polar surface area (TPSA) is 59.2 Å². The Bertz CT molecular complexity index is 417. The van der Waals surface area contributed by atoms with Gasteiger partial charge in [0.2, 0.25) is 0 Å². The monoisotopic (exact) mass is 219 g/mol. The molecule has 0 bridgehead atoms. The summed E-state index contributed by atoms with van der Waals surface area (Å²) in [6, 6.07) is 3.85. The van der Waals surface area contributed by atoms with Gasteiger partial charge in [-0.2, -0.15) is 0 Å². The zero-order valence-corrected chi connectivity index (χ0v) is 9.73. The predicted octanol–water partition coefficient (Wildman–Crippen LogP) is 0.872. The molecule has 2 N–H and O–H groups in total. The second-order valence-electron chi connectivity index (χ2n) is 4.39. The van der Waals surface area contributed by atoms with Gasteiger partial charge in [-0.15, -0.1) is 0 Å². The zero-order chi connectivity index (χ0) is 11.7. The fraction of sp³-hybridized carbons (Fsp3) is 0.500. The molecule has 1 aliphatic heterocycles. The summed E-state index contributed by atoms with van der Waals surface area (Å²) in [4.78, 5) is 18.3. The molecule has 1 atom stereocenters. The summed E-state index contributed by atoms with van der Waals surface area (Å²) in [7, 11) is 0. The van der Waals surface area contributed by atoms with E-state index in [9.17, 15) is 4.79 Å². The summed E-state index contributed by atoms with van der Waals surface area (Å²) in [5, 5.41) is 0. The lowest BCUT2D eigenvalue weighted by Crippen LogP contribution is -2.32. The Morgan fingerprint density at radius 2 is 2.25 bits per heavy atom. The molecule has 1 saturated heterocycles. The van der Waals surface area contributed by atoms with E-state index in [0.717, 1.165) is 24.4 Å². The number of nitrogens with two attached hydrogens (primary N) is 1. The van der Waals surface area contributed by atoms with Gasteiger partial charge in [-0.05, 0) is 32.4 Å². The molecule has 1 fully saturated rings. The van der Waals surface area contributed by atoms with Crippen molar-refractivity contribution in [1.82, 2.24) is 9.88 Å². The highest BCUT2D eigenvalue weighted by Gasteiger charge is 2.25. The van der Waals surface area contributed by atoms with E-state index >= 15 is 0 Å². The number of hydrogen-bond donors (Lipinski definition) is 1. The quantitative estimate of drug-likeness (QED) is 0.762. The fourth-order valence-electron chi connectivity index (χ4n) is 2.05. The van der Waals surface area contributed by atoms with Crippen molar-refractivity contribution in [3.05, 3.63) is 29.1 Å². The fourth-order valence-corrected chi connectivity index (χ4v) is 2.05. The molecular formula is C12H17N3O. The maximum Gasteiger partial charge on any atom is 0.255 e.